The Labute approximate surface area is 126 Å². The number of rotatable bonds is 9. The number of nitrogens with zero attached hydrogens (tertiary/aromatic N) is 3. The number of ether oxygens (including phenoxy) is 1. The lowest BCUT2D eigenvalue weighted by atomic mass is 10.1. The molecule has 0 fully saturated rings. The highest BCUT2D eigenvalue weighted by Gasteiger charge is 2.15. The fourth-order valence-electron chi connectivity index (χ4n) is 2.07. The Bertz CT molecular complexity index is 453. The molecule has 7 nitrogen and oxygen atoms in total. The number of aromatic nitrogens is 2. The van der Waals surface area contributed by atoms with Gasteiger partial charge in [-0.3, -0.25) is 4.79 Å². The first-order valence-corrected chi connectivity index (χ1v) is 7.12. The molecule has 1 heterocycles. The van der Waals surface area contributed by atoms with Crippen molar-refractivity contribution >= 4 is 17.5 Å². The molecule has 1 aromatic rings. The van der Waals surface area contributed by atoms with Crippen LogP contribution in [0.15, 0.2) is 6.33 Å². The third kappa shape index (κ3) is 5.18. The van der Waals surface area contributed by atoms with Gasteiger partial charge in [-0.1, -0.05) is 13.3 Å². The van der Waals surface area contributed by atoms with Crippen LogP contribution in [0.25, 0.3) is 0 Å². The summed E-state index contributed by atoms with van der Waals surface area (Å²) in [6.45, 7) is 3.37. The summed E-state index contributed by atoms with van der Waals surface area (Å²) in [5, 5.41) is 5.88. The summed E-state index contributed by atoms with van der Waals surface area (Å²) in [5.74, 6) is 1.55. The van der Waals surface area contributed by atoms with Gasteiger partial charge in [0.1, 0.15) is 18.0 Å². The van der Waals surface area contributed by atoms with Gasteiger partial charge in [0, 0.05) is 33.3 Å². The maximum absolute atomic E-state index is 11.9. The molecule has 1 amide bonds. The van der Waals surface area contributed by atoms with E-state index in [2.05, 4.69) is 27.5 Å². The minimum atomic E-state index is -0.0541. The molecule has 0 spiro atoms. The van der Waals surface area contributed by atoms with Gasteiger partial charge < -0.3 is 20.3 Å². The topological polar surface area (TPSA) is 79.4 Å². The van der Waals surface area contributed by atoms with E-state index in [4.69, 9.17) is 4.74 Å². The fourth-order valence-corrected chi connectivity index (χ4v) is 2.07. The number of amides is 1. The first kappa shape index (κ1) is 17.2. The molecule has 1 rings (SSSR count). The Morgan fingerprint density at radius 2 is 2.19 bits per heavy atom. The quantitative estimate of drug-likeness (QED) is 0.652. The van der Waals surface area contributed by atoms with E-state index in [1.807, 2.05) is 19.0 Å². The minimum Gasteiger partial charge on any atom is -0.383 e. The predicted octanol–water partition coefficient (Wildman–Crippen LogP) is 0.670. The summed E-state index contributed by atoms with van der Waals surface area (Å²) in [5.41, 5.74) is 1.04. The van der Waals surface area contributed by atoms with E-state index in [1.54, 1.807) is 7.11 Å². The molecule has 0 aliphatic carbocycles. The van der Waals surface area contributed by atoms with E-state index in [0.717, 1.165) is 30.0 Å². The summed E-state index contributed by atoms with van der Waals surface area (Å²) < 4.78 is 4.91. The lowest BCUT2D eigenvalue weighted by Crippen LogP contribution is -2.37. The second kappa shape index (κ2) is 9.12. The molecule has 21 heavy (non-hydrogen) atoms. The molecular weight excluding hydrogens is 270 g/mol. The van der Waals surface area contributed by atoms with E-state index in [0.29, 0.717) is 13.2 Å². The number of methoxy groups -OCH3 is 1. The standard InChI is InChI=1S/C14H25N5O2/c1-5-6-11-13(15-2)17-10-18-14(11)19(3)9-12(20)16-7-8-21-4/h10H,5-9H2,1-4H3,(H,16,20)(H,15,17,18). The molecule has 0 atom stereocenters. The number of carbonyl (C=O) groups is 1. The normalized spacial score (nSPS) is 10.3. The number of anilines is 2. The summed E-state index contributed by atoms with van der Waals surface area (Å²) >= 11 is 0. The van der Waals surface area contributed by atoms with Crippen molar-refractivity contribution in [1.29, 1.82) is 0 Å². The van der Waals surface area contributed by atoms with Gasteiger partial charge in [0.25, 0.3) is 0 Å². The smallest absolute Gasteiger partial charge is 0.239 e. The van der Waals surface area contributed by atoms with Crippen LogP contribution in [0.1, 0.15) is 18.9 Å². The maximum atomic E-state index is 11.9. The lowest BCUT2D eigenvalue weighted by molar-refractivity contribution is -0.119. The predicted molar refractivity (Wildman–Crippen MR) is 83.7 cm³/mol. The van der Waals surface area contributed by atoms with Crippen molar-refractivity contribution in [3.8, 4) is 0 Å². The van der Waals surface area contributed by atoms with Gasteiger partial charge in [-0.15, -0.1) is 0 Å². The van der Waals surface area contributed by atoms with E-state index >= 15 is 0 Å². The van der Waals surface area contributed by atoms with Gasteiger partial charge in [0.15, 0.2) is 0 Å². The largest absolute Gasteiger partial charge is 0.383 e. The van der Waals surface area contributed by atoms with Crippen LogP contribution in [-0.4, -0.2) is 56.8 Å². The molecule has 0 bridgehead atoms. The van der Waals surface area contributed by atoms with Crippen LogP contribution in [0.2, 0.25) is 0 Å². The molecule has 0 aromatic carbocycles. The summed E-state index contributed by atoms with van der Waals surface area (Å²) in [6, 6.07) is 0. The van der Waals surface area contributed by atoms with Crippen molar-refractivity contribution in [2.75, 3.05) is 51.1 Å². The number of likely N-dealkylation sites (N-methyl/N-ethyl adjacent to an activating group) is 1. The number of hydrogen-bond donors (Lipinski definition) is 2. The highest BCUT2D eigenvalue weighted by molar-refractivity contribution is 5.81. The average molecular weight is 295 g/mol. The van der Waals surface area contributed by atoms with Crippen LogP contribution in [0, 0.1) is 0 Å². The van der Waals surface area contributed by atoms with Gasteiger partial charge in [-0.05, 0) is 6.42 Å². The molecule has 0 saturated carbocycles. The summed E-state index contributed by atoms with van der Waals surface area (Å²) in [6.07, 6.45) is 3.37. The van der Waals surface area contributed by atoms with Crippen LogP contribution in [-0.2, 0) is 16.0 Å². The fraction of sp³-hybridized carbons (Fsp3) is 0.643. The zero-order valence-corrected chi connectivity index (χ0v) is 13.3. The third-order valence-electron chi connectivity index (χ3n) is 3.03. The Morgan fingerprint density at radius 3 is 2.81 bits per heavy atom. The van der Waals surface area contributed by atoms with Crippen molar-refractivity contribution in [2.45, 2.75) is 19.8 Å². The molecule has 118 valence electrons. The molecule has 0 saturated heterocycles. The van der Waals surface area contributed by atoms with Gasteiger partial charge in [-0.25, -0.2) is 9.97 Å². The number of nitrogens with one attached hydrogen (secondary N) is 2. The van der Waals surface area contributed by atoms with Gasteiger partial charge in [0.05, 0.1) is 13.2 Å². The van der Waals surface area contributed by atoms with E-state index in [-0.39, 0.29) is 12.5 Å². The van der Waals surface area contributed by atoms with Crippen molar-refractivity contribution in [2.24, 2.45) is 0 Å². The van der Waals surface area contributed by atoms with Gasteiger partial charge in [0.2, 0.25) is 5.91 Å². The van der Waals surface area contributed by atoms with E-state index in [1.165, 1.54) is 6.33 Å². The molecule has 0 unspecified atom stereocenters. The van der Waals surface area contributed by atoms with Crippen LogP contribution >= 0.6 is 0 Å². The molecule has 0 aliphatic rings. The zero-order chi connectivity index (χ0) is 15.7. The molecule has 7 heteroatoms. The van der Waals surface area contributed by atoms with E-state index < -0.39 is 0 Å². The van der Waals surface area contributed by atoms with Crippen LogP contribution in [0.3, 0.4) is 0 Å². The highest BCUT2D eigenvalue weighted by atomic mass is 16.5. The number of hydrogen-bond acceptors (Lipinski definition) is 6. The molecule has 1 aromatic heterocycles. The van der Waals surface area contributed by atoms with Crippen LogP contribution < -0.4 is 15.5 Å². The third-order valence-corrected chi connectivity index (χ3v) is 3.03. The van der Waals surface area contributed by atoms with E-state index in [9.17, 15) is 4.79 Å². The summed E-state index contributed by atoms with van der Waals surface area (Å²) in [4.78, 5) is 22.3. The highest BCUT2D eigenvalue weighted by Crippen LogP contribution is 2.23. The lowest BCUT2D eigenvalue weighted by Gasteiger charge is -2.21. The molecule has 0 radical (unpaired) electrons. The van der Waals surface area contributed by atoms with Crippen molar-refractivity contribution in [1.82, 2.24) is 15.3 Å². The Hall–Kier alpha value is -1.89. The first-order valence-electron chi connectivity index (χ1n) is 7.12. The van der Waals surface area contributed by atoms with Crippen molar-refractivity contribution < 1.29 is 9.53 Å². The van der Waals surface area contributed by atoms with Crippen molar-refractivity contribution in [3.05, 3.63) is 11.9 Å². The molecular formula is C14H25N5O2. The maximum Gasteiger partial charge on any atom is 0.239 e. The van der Waals surface area contributed by atoms with Gasteiger partial charge in [-0.2, -0.15) is 0 Å². The van der Waals surface area contributed by atoms with Gasteiger partial charge >= 0.3 is 0 Å². The molecule has 0 aliphatic heterocycles. The average Bonchev–Trinajstić information content (AvgIpc) is 2.47. The monoisotopic (exact) mass is 295 g/mol. The Balaban J connectivity index is 2.76. The van der Waals surface area contributed by atoms with Crippen molar-refractivity contribution in [3.63, 3.8) is 0 Å². The SMILES string of the molecule is CCCc1c(NC)ncnc1N(C)CC(=O)NCCOC. The number of carbonyl (C=O) groups excluding carboxylic acids is 1. The second-order valence-corrected chi connectivity index (χ2v) is 4.72. The Morgan fingerprint density at radius 1 is 1.43 bits per heavy atom. The zero-order valence-electron chi connectivity index (χ0n) is 13.3. The second-order valence-electron chi connectivity index (χ2n) is 4.72. The van der Waals surface area contributed by atoms with Crippen LogP contribution in [0.4, 0.5) is 11.6 Å². The Kier molecular flexibility index (Phi) is 7.45. The first-order chi connectivity index (χ1) is 10.1. The molecule has 2 N–H and O–H groups in total. The minimum absolute atomic E-state index is 0.0541. The van der Waals surface area contributed by atoms with Crippen LogP contribution in [0.5, 0.6) is 0 Å². The summed E-state index contributed by atoms with van der Waals surface area (Å²) in [7, 11) is 5.30.